The fourth-order valence-corrected chi connectivity index (χ4v) is 2.76. The SMILES string of the molecule is Cc1nc(C(=O)N(C)[C@H](C)c2cccc([N+](=O)[O-])c2)nn1-c1ccc(F)cc1. The van der Waals surface area contributed by atoms with Gasteiger partial charge in [-0.1, -0.05) is 12.1 Å². The summed E-state index contributed by atoms with van der Waals surface area (Å²) in [4.78, 5) is 29.0. The number of halogens is 1. The topological polar surface area (TPSA) is 94.2 Å². The van der Waals surface area contributed by atoms with Crippen molar-refractivity contribution in [2.45, 2.75) is 19.9 Å². The van der Waals surface area contributed by atoms with Crippen molar-refractivity contribution in [3.05, 3.63) is 81.7 Å². The summed E-state index contributed by atoms with van der Waals surface area (Å²) in [6.45, 7) is 3.46. The number of rotatable bonds is 5. The van der Waals surface area contributed by atoms with E-state index in [9.17, 15) is 19.3 Å². The Kier molecular flexibility index (Phi) is 5.16. The van der Waals surface area contributed by atoms with Crippen LogP contribution in [0.3, 0.4) is 0 Å². The van der Waals surface area contributed by atoms with Gasteiger partial charge < -0.3 is 4.90 Å². The van der Waals surface area contributed by atoms with Crippen LogP contribution in [-0.4, -0.2) is 37.5 Å². The first-order valence-electron chi connectivity index (χ1n) is 8.49. The first-order valence-corrected chi connectivity index (χ1v) is 8.49. The molecule has 0 unspecified atom stereocenters. The molecule has 0 bridgehead atoms. The van der Waals surface area contributed by atoms with Gasteiger partial charge >= 0.3 is 0 Å². The molecule has 1 amide bonds. The Morgan fingerprint density at radius 3 is 2.57 bits per heavy atom. The zero-order valence-corrected chi connectivity index (χ0v) is 15.5. The normalized spacial score (nSPS) is 11.9. The third-order valence-electron chi connectivity index (χ3n) is 4.50. The molecule has 0 N–H and O–H groups in total. The Morgan fingerprint density at radius 2 is 1.93 bits per heavy atom. The average molecular weight is 383 g/mol. The molecule has 0 spiro atoms. The van der Waals surface area contributed by atoms with Gasteiger partial charge in [-0.3, -0.25) is 14.9 Å². The molecule has 0 aliphatic carbocycles. The van der Waals surface area contributed by atoms with Gasteiger partial charge in [0.1, 0.15) is 11.6 Å². The number of nitro groups is 1. The highest BCUT2D eigenvalue weighted by molar-refractivity contribution is 5.90. The minimum absolute atomic E-state index is 0.0124. The smallest absolute Gasteiger partial charge is 0.293 e. The summed E-state index contributed by atoms with van der Waals surface area (Å²) in [6.07, 6.45) is 0. The number of hydrogen-bond donors (Lipinski definition) is 0. The fourth-order valence-electron chi connectivity index (χ4n) is 2.76. The van der Waals surface area contributed by atoms with Gasteiger partial charge in [-0.2, -0.15) is 0 Å². The summed E-state index contributed by atoms with van der Waals surface area (Å²) in [5.41, 5.74) is 1.17. The van der Waals surface area contributed by atoms with Gasteiger partial charge in [0.2, 0.25) is 5.82 Å². The summed E-state index contributed by atoms with van der Waals surface area (Å²) < 4.78 is 14.6. The average Bonchev–Trinajstić information content (AvgIpc) is 3.08. The second kappa shape index (κ2) is 7.55. The lowest BCUT2D eigenvalue weighted by atomic mass is 10.1. The Labute approximate surface area is 160 Å². The Bertz CT molecular complexity index is 1030. The molecule has 1 heterocycles. The van der Waals surface area contributed by atoms with E-state index in [0.29, 0.717) is 17.1 Å². The number of benzene rings is 2. The molecule has 1 atom stereocenters. The van der Waals surface area contributed by atoms with Crippen LogP contribution in [0.15, 0.2) is 48.5 Å². The van der Waals surface area contributed by atoms with E-state index in [2.05, 4.69) is 10.1 Å². The second-order valence-corrected chi connectivity index (χ2v) is 6.31. The van der Waals surface area contributed by atoms with Crippen LogP contribution in [0.25, 0.3) is 5.69 Å². The minimum atomic E-state index is -0.479. The maximum absolute atomic E-state index is 13.1. The summed E-state index contributed by atoms with van der Waals surface area (Å²) in [6, 6.07) is 11.4. The Hall–Kier alpha value is -3.62. The van der Waals surface area contributed by atoms with E-state index >= 15 is 0 Å². The lowest BCUT2D eigenvalue weighted by Gasteiger charge is -2.24. The number of non-ortho nitro benzene ring substituents is 1. The predicted octanol–water partition coefficient (Wildman–Crippen LogP) is 3.46. The van der Waals surface area contributed by atoms with Crippen molar-refractivity contribution in [3.63, 3.8) is 0 Å². The van der Waals surface area contributed by atoms with Crippen LogP contribution in [0.5, 0.6) is 0 Å². The molecule has 0 saturated carbocycles. The molecular weight excluding hydrogens is 365 g/mol. The van der Waals surface area contributed by atoms with E-state index < -0.39 is 16.9 Å². The molecule has 8 nitrogen and oxygen atoms in total. The van der Waals surface area contributed by atoms with Gasteiger partial charge in [0.15, 0.2) is 0 Å². The van der Waals surface area contributed by atoms with Crippen LogP contribution >= 0.6 is 0 Å². The van der Waals surface area contributed by atoms with E-state index in [4.69, 9.17) is 0 Å². The molecule has 9 heteroatoms. The highest BCUT2D eigenvalue weighted by atomic mass is 19.1. The highest BCUT2D eigenvalue weighted by Crippen LogP contribution is 2.24. The standard InChI is InChI=1S/C19H18FN5O3/c1-12(14-5-4-6-17(11-14)25(27)28)23(3)19(26)18-21-13(2)24(22-18)16-9-7-15(20)8-10-16/h4-12H,1-3H3/t12-/m1/s1. The number of carbonyl (C=O) groups is 1. The fraction of sp³-hybridized carbons (Fsp3) is 0.211. The van der Waals surface area contributed by atoms with Crippen molar-refractivity contribution < 1.29 is 14.1 Å². The van der Waals surface area contributed by atoms with E-state index in [0.717, 1.165) is 0 Å². The van der Waals surface area contributed by atoms with Crippen molar-refractivity contribution in [1.82, 2.24) is 19.7 Å². The van der Waals surface area contributed by atoms with Gasteiger partial charge in [0.05, 0.1) is 16.7 Å². The summed E-state index contributed by atoms with van der Waals surface area (Å²) in [5.74, 6) is -0.334. The quantitative estimate of drug-likeness (QED) is 0.497. The monoisotopic (exact) mass is 383 g/mol. The number of hydrogen-bond acceptors (Lipinski definition) is 5. The number of nitrogens with zero attached hydrogens (tertiary/aromatic N) is 5. The number of aromatic nitrogens is 3. The maximum atomic E-state index is 13.1. The molecule has 2 aromatic carbocycles. The van der Waals surface area contributed by atoms with Crippen molar-refractivity contribution in [3.8, 4) is 5.69 Å². The molecule has 0 aliphatic heterocycles. The van der Waals surface area contributed by atoms with Crippen LogP contribution in [0.1, 0.15) is 35.0 Å². The van der Waals surface area contributed by atoms with Crippen molar-refractivity contribution >= 4 is 11.6 Å². The molecule has 1 aromatic heterocycles. The first-order chi connectivity index (χ1) is 13.3. The maximum Gasteiger partial charge on any atom is 0.293 e. The Balaban J connectivity index is 1.85. The number of carbonyl (C=O) groups excluding carboxylic acids is 1. The first kappa shape index (κ1) is 19.2. The van der Waals surface area contributed by atoms with Crippen LogP contribution in [0, 0.1) is 22.9 Å². The highest BCUT2D eigenvalue weighted by Gasteiger charge is 2.24. The summed E-state index contributed by atoms with van der Waals surface area (Å²) in [5, 5.41) is 15.2. The van der Waals surface area contributed by atoms with Crippen molar-refractivity contribution in [2.24, 2.45) is 0 Å². The second-order valence-electron chi connectivity index (χ2n) is 6.31. The van der Waals surface area contributed by atoms with Crippen LogP contribution < -0.4 is 0 Å². The Morgan fingerprint density at radius 1 is 1.25 bits per heavy atom. The summed E-state index contributed by atoms with van der Waals surface area (Å²) in [7, 11) is 1.58. The lowest BCUT2D eigenvalue weighted by molar-refractivity contribution is -0.384. The third kappa shape index (κ3) is 3.73. The molecular formula is C19H18FN5O3. The van der Waals surface area contributed by atoms with E-state index in [1.807, 2.05) is 0 Å². The molecule has 3 rings (SSSR count). The number of nitro benzene ring substituents is 1. The molecule has 0 radical (unpaired) electrons. The molecule has 28 heavy (non-hydrogen) atoms. The van der Waals surface area contributed by atoms with Crippen molar-refractivity contribution in [2.75, 3.05) is 7.05 Å². The molecule has 3 aromatic rings. The van der Waals surface area contributed by atoms with E-state index in [1.54, 1.807) is 45.2 Å². The van der Waals surface area contributed by atoms with Crippen LogP contribution in [0.4, 0.5) is 10.1 Å². The van der Waals surface area contributed by atoms with Crippen LogP contribution in [-0.2, 0) is 0 Å². The lowest BCUT2D eigenvalue weighted by Crippen LogP contribution is -2.30. The molecule has 144 valence electrons. The van der Waals surface area contributed by atoms with Crippen LogP contribution in [0.2, 0.25) is 0 Å². The molecule has 0 aliphatic rings. The van der Waals surface area contributed by atoms with Gasteiger partial charge in [0, 0.05) is 19.2 Å². The summed E-state index contributed by atoms with van der Waals surface area (Å²) >= 11 is 0. The van der Waals surface area contributed by atoms with E-state index in [-0.39, 0.29) is 17.3 Å². The van der Waals surface area contributed by atoms with Gasteiger partial charge in [-0.25, -0.2) is 14.1 Å². The van der Waals surface area contributed by atoms with Crippen molar-refractivity contribution in [1.29, 1.82) is 0 Å². The van der Waals surface area contributed by atoms with Gasteiger partial charge in [0.25, 0.3) is 11.6 Å². The number of aryl methyl sites for hydroxylation is 1. The minimum Gasteiger partial charge on any atom is -0.332 e. The zero-order valence-electron chi connectivity index (χ0n) is 15.5. The molecule has 0 fully saturated rings. The largest absolute Gasteiger partial charge is 0.332 e. The zero-order chi connectivity index (χ0) is 20.4. The number of amides is 1. The molecule has 0 saturated heterocycles. The van der Waals surface area contributed by atoms with E-state index in [1.165, 1.54) is 33.8 Å². The van der Waals surface area contributed by atoms with Gasteiger partial charge in [-0.15, -0.1) is 5.10 Å². The predicted molar refractivity (Wildman–Crippen MR) is 99.7 cm³/mol. The third-order valence-corrected chi connectivity index (χ3v) is 4.50. The van der Waals surface area contributed by atoms with Gasteiger partial charge in [-0.05, 0) is 43.7 Å².